The number of hydrogen-bond acceptors (Lipinski definition) is 2. The van der Waals surface area contributed by atoms with Gasteiger partial charge in [0.05, 0.1) is 0 Å². The highest BCUT2D eigenvalue weighted by molar-refractivity contribution is 5.29. The summed E-state index contributed by atoms with van der Waals surface area (Å²) >= 11 is 0. The molecule has 1 aromatic carbocycles. The molecule has 0 saturated heterocycles. The van der Waals surface area contributed by atoms with Crippen molar-refractivity contribution in [2.75, 3.05) is 6.54 Å². The molecule has 1 saturated carbocycles. The van der Waals surface area contributed by atoms with Crippen molar-refractivity contribution in [1.29, 1.82) is 0 Å². The first-order valence-corrected chi connectivity index (χ1v) is 6.05. The van der Waals surface area contributed by atoms with E-state index < -0.39 is 0 Å². The van der Waals surface area contributed by atoms with Crippen molar-refractivity contribution in [3.05, 3.63) is 48.2 Å². The molecular weight excluding hydrogens is 196 g/mol. The first kappa shape index (κ1) is 11.2. The van der Waals surface area contributed by atoms with Crippen LogP contribution in [0.2, 0.25) is 0 Å². The molecule has 16 heavy (non-hydrogen) atoms. The SMILES string of the molecule is N/C=C\CCCNC1(c2ccccc2)CC1. The zero-order chi connectivity index (χ0) is 11.3. The number of nitrogens with two attached hydrogens (primary N) is 1. The van der Waals surface area contributed by atoms with E-state index in [4.69, 9.17) is 5.73 Å². The fraction of sp³-hybridized carbons (Fsp3) is 0.429. The number of allylic oxidation sites excluding steroid dienone is 1. The first-order valence-electron chi connectivity index (χ1n) is 6.05. The van der Waals surface area contributed by atoms with Gasteiger partial charge in [-0.2, -0.15) is 0 Å². The molecule has 0 radical (unpaired) electrons. The quantitative estimate of drug-likeness (QED) is 0.717. The summed E-state index contributed by atoms with van der Waals surface area (Å²) in [6.45, 7) is 1.07. The van der Waals surface area contributed by atoms with Crippen LogP contribution in [-0.2, 0) is 5.54 Å². The molecule has 1 aliphatic carbocycles. The molecule has 0 aliphatic heterocycles. The van der Waals surface area contributed by atoms with Gasteiger partial charge in [-0.3, -0.25) is 0 Å². The van der Waals surface area contributed by atoms with Gasteiger partial charge in [0.1, 0.15) is 0 Å². The van der Waals surface area contributed by atoms with Gasteiger partial charge >= 0.3 is 0 Å². The lowest BCUT2D eigenvalue weighted by Gasteiger charge is -2.17. The van der Waals surface area contributed by atoms with Gasteiger partial charge in [0.2, 0.25) is 0 Å². The molecule has 3 N–H and O–H groups in total. The highest BCUT2D eigenvalue weighted by atomic mass is 15.0. The molecule has 2 heteroatoms. The Labute approximate surface area is 97.5 Å². The average Bonchev–Trinajstić information content (AvgIpc) is 3.11. The van der Waals surface area contributed by atoms with Crippen LogP contribution in [0.3, 0.4) is 0 Å². The highest BCUT2D eigenvalue weighted by Gasteiger charge is 2.43. The zero-order valence-electron chi connectivity index (χ0n) is 9.65. The van der Waals surface area contributed by atoms with Gasteiger partial charge in [-0.05, 0) is 44.0 Å². The minimum absolute atomic E-state index is 0.285. The number of rotatable bonds is 6. The molecule has 0 atom stereocenters. The predicted octanol–water partition coefficient (Wildman–Crippen LogP) is 2.52. The van der Waals surface area contributed by atoms with Gasteiger partial charge in [-0.15, -0.1) is 0 Å². The summed E-state index contributed by atoms with van der Waals surface area (Å²) in [6, 6.07) is 10.8. The van der Waals surface area contributed by atoms with Gasteiger partial charge in [-0.25, -0.2) is 0 Å². The van der Waals surface area contributed by atoms with Crippen molar-refractivity contribution in [3.63, 3.8) is 0 Å². The summed E-state index contributed by atoms with van der Waals surface area (Å²) in [4.78, 5) is 0. The van der Waals surface area contributed by atoms with Crippen molar-refractivity contribution in [2.45, 2.75) is 31.2 Å². The van der Waals surface area contributed by atoms with Crippen molar-refractivity contribution >= 4 is 0 Å². The Kier molecular flexibility index (Phi) is 3.62. The fourth-order valence-corrected chi connectivity index (χ4v) is 2.09. The van der Waals surface area contributed by atoms with E-state index in [1.54, 1.807) is 6.20 Å². The van der Waals surface area contributed by atoms with Crippen LogP contribution in [0.4, 0.5) is 0 Å². The smallest absolute Gasteiger partial charge is 0.0436 e. The minimum Gasteiger partial charge on any atom is -0.405 e. The fourth-order valence-electron chi connectivity index (χ4n) is 2.09. The van der Waals surface area contributed by atoms with Crippen molar-refractivity contribution in [3.8, 4) is 0 Å². The normalized spacial score (nSPS) is 17.8. The van der Waals surface area contributed by atoms with E-state index in [1.165, 1.54) is 18.4 Å². The van der Waals surface area contributed by atoms with Gasteiger partial charge in [0.25, 0.3) is 0 Å². The van der Waals surface area contributed by atoms with Crippen LogP contribution in [0, 0.1) is 0 Å². The first-order chi connectivity index (χ1) is 7.87. The topological polar surface area (TPSA) is 38.0 Å². The van der Waals surface area contributed by atoms with Crippen molar-refractivity contribution < 1.29 is 0 Å². The summed E-state index contributed by atoms with van der Waals surface area (Å²) in [6.07, 6.45) is 8.40. The van der Waals surface area contributed by atoms with Crippen LogP contribution in [0.15, 0.2) is 42.6 Å². The highest BCUT2D eigenvalue weighted by Crippen LogP contribution is 2.45. The van der Waals surface area contributed by atoms with Crippen LogP contribution in [0.25, 0.3) is 0 Å². The molecule has 0 bridgehead atoms. The maximum Gasteiger partial charge on any atom is 0.0436 e. The second-order valence-electron chi connectivity index (χ2n) is 4.45. The maximum atomic E-state index is 5.30. The Morgan fingerprint density at radius 2 is 2.00 bits per heavy atom. The van der Waals surface area contributed by atoms with E-state index in [9.17, 15) is 0 Å². The van der Waals surface area contributed by atoms with Gasteiger partial charge < -0.3 is 11.1 Å². The summed E-state index contributed by atoms with van der Waals surface area (Å²) < 4.78 is 0. The summed E-state index contributed by atoms with van der Waals surface area (Å²) in [5, 5.41) is 3.67. The van der Waals surface area contributed by atoms with E-state index in [1.807, 2.05) is 6.08 Å². The minimum atomic E-state index is 0.285. The number of benzene rings is 1. The predicted molar refractivity (Wildman–Crippen MR) is 67.9 cm³/mol. The Morgan fingerprint density at radius 1 is 1.25 bits per heavy atom. The second-order valence-corrected chi connectivity index (χ2v) is 4.45. The maximum absolute atomic E-state index is 5.30. The molecule has 1 fully saturated rings. The van der Waals surface area contributed by atoms with E-state index >= 15 is 0 Å². The van der Waals surface area contributed by atoms with Crippen LogP contribution < -0.4 is 11.1 Å². The molecule has 0 spiro atoms. The monoisotopic (exact) mass is 216 g/mol. The Balaban J connectivity index is 1.81. The largest absolute Gasteiger partial charge is 0.405 e. The number of hydrogen-bond donors (Lipinski definition) is 2. The molecule has 0 unspecified atom stereocenters. The van der Waals surface area contributed by atoms with Gasteiger partial charge in [-0.1, -0.05) is 36.4 Å². The number of nitrogens with one attached hydrogen (secondary N) is 1. The molecule has 2 rings (SSSR count). The van der Waals surface area contributed by atoms with E-state index in [0.29, 0.717) is 0 Å². The van der Waals surface area contributed by atoms with Crippen LogP contribution in [-0.4, -0.2) is 6.54 Å². The lowest BCUT2D eigenvalue weighted by Crippen LogP contribution is -2.29. The molecule has 1 aromatic rings. The Hall–Kier alpha value is -1.28. The summed E-state index contributed by atoms with van der Waals surface area (Å²) in [7, 11) is 0. The van der Waals surface area contributed by atoms with E-state index in [0.717, 1.165) is 19.4 Å². The Morgan fingerprint density at radius 3 is 2.62 bits per heavy atom. The molecule has 2 nitrogen and oxygen atoms in total. The lowest BCUT2D eigenvalue weighted by atomic mass is 10.0. The van der Waals surface area contributed by atoms with Crippen LogP contribution in [0.1, 0.15) is 31.2 Å². The van der Waals surface area contributed by atoms with Crippen LogP contribution in [0.5, 0.6) is 0 Å². The average molecular weight is 216 g/mol. The molecule has 0 aromatic heterocycles. The molecule has 0 amide bonds. The second kappa shape index (κ2) is 5.17. The zero-order valence-corrected chi connectivity index (χ0v) is 9.65. The Bertz CT molecular complexity index is 339. The van der Waals surface area contributed by atoms with Crippen molar-refractivity contribution in [1.82, 2.24) is 5.32 Å². The third-order valence-electron chi connectivity index (χ3n) is 3.22. The summed E-state index contributed by atoms with van der Waals surface area (Å²) in [5.41, 5.74) is 7.02. The van der Waals surface area contributed by atoms with Gasteiger partial charge in [0, 0.05) is 5.54 Å². The van der Waals surface area contributed by atoms with E-state index in [-0.39, 0.29) is 5.54 Å². The molecule has 0 heterocycles. The molecular formula is C14H20N2. The van der Waals surface area contributed by atoms with E-state index in [2.05, 4.69) is 35.6 Å². The summed E-state index contributed by atoms with van der Waals surface area (Å²) in [5.74, 6) is 0. The molecule has 1 aliphatic rings. The standard InChI is InChI=1S/C14H20N2/c15-11-5-2-6-12-16-14(9-10-14)13-7-3-1-4-8-13/h1,3-5,7-8,11,16H,2,6,9-10,12,15H2/b11-5-. The van der Waals surface area contributed by atoms with Crippen LogP contribution >= 0.6 is 0 Å². The third kappa shape index (κ3) is 2.64. The van der Waals surface area contributed by atoms with Gasteiger partial charge in [0.15, 0.2) is 0 Å². The van der Waals surface area contributed by atoms with Crippen molar-refractivity contribution in [2.24, 2.45) is 5.73 Å². The third-order valence-corrected chi connectivity index (χ3v) is 3.22. The number of unbranched alkanes of at least 4 members (excludes halogenated alkanes) is 1. The molecule has 86 valence electrons. The lowest BCUT2D eigenvalue weighted by molar-refractivity contribution is 0.511.